The van der Waals surface area contributed by atoms with Gasteiger partial charge in [0.05, 0.1) is 0 Å². The summed E-state index contributed by atoms with van der Waals surface area (Å²) in [5, 5.41) is 13.2. The average Bonchev–Trinajstić information content (AvgIpc) is 2.06. The maximum absolute atomic E-state index is 7.28. The molecule has 1 aliphatic rings. The van der Waals surface area contributed by atoms with Gasteiger partial charge in [0.25, 0.3) is 0 Å². The third-order valence-electron chi connectivity index (χ3n) is 2.02. The molecule has 1 N–H and O–H groups in total. The van der Waals surface area contributed by atoms with Gasteiger partial charge in [0.1, 0.15) is 0 Å². The summed E-state index contributed by atoms with van der Waals surface area (Å²) in [5.74, 6) is 0. The number of hydrazone groups is 1. The van der Waals surface area contributed by atoms with Gasteiger partial charge in [-0.2, -0.15) is 0 Å². The second-order valence-electron chi connectivity index (χ2n) is 3.06. The molecule has 0 aromatic carbocycles. The van der Waals surface area contributed by atoms with Crippen LogP contribution in [0.1, 0.15) is 32.1 Å². The van der Waals surface area contributed by atoms with E-state index in [-0.39, 0.29) is 0 Å². The quantitative estimate of drug-likeness (QED) is 0.314. The van der Waals surface area contributed by atoms with E-state index >= 15 is 0 Å². The van der Waals surface area contributed by atoms with Crippen LogP contribution in [0.5, 0.6) is 0 Å². The number of hydrogen-bond acceptors (Lipinski definition) is 2. The molecule has 3 nitrogen and oxygen atoms in total. The zero-order valence-corrected chi connectivity index (χ0v) is 9.05. The molecule has 0 saturated heterocycles. The van der Waals surface area contributed by atoms with Crippen LogP contribution in [0.4, 0.5) is 0 Å². The van der Waals surface area contributed by atoms with Gasteiger partial charge in [-0.05, 0) is 0 Å². The molecule has 0 unspecified atom stereocenters. The monoisotopic (exact) mass is 232 g/mol. The SMILES string of the molecule is CN(N=C1CCCCC1)C(=N)[Se]. The van der Waals surface area contributed by atoms with Crippen molar-refractivity contribution in [3.8, 4) is 0 Å². The molecule has 0 aliphatic heterocycles. The average molecular weight is 231 g/mol. The Bertz CT molecular complexity index is 192. The van der Waals surface area contributed by atoms with Crippen molar-refractivity contribution in [3.63, 3.8) is 0 Å². The van der Waals surface area contributed by atoms with Gasteiger partial charge in [0.2, 0.25) is 0 Å². The summed E-state index contributed by atoms with van der Waals surface area (Å²) >= 11 is 2.63. The van der Waals surface area contributed by atoms with Gasteiger partial charge in [-0.25, -0.2) is 0 Å². The molecule has 4 heteroatoms. The molecule has 12 heavy (non-hydrogen) atoms. The number of nitrogens with one attached hydrogen (secondary N) is 1. The Hall–Kier alpha value is -0.341. The van der Waals surface area contributed by atoms with Crippen molar-refractivity contribution < 1.29 is 0 Å². The molecule has 0 aromatic heterocycles. The van der Waals surface area contributed by atoms with Gasteiger partial charge >= 0.3 is 81.1 Å². The normalized spacial score (nSPS) is 17.2. The van der Waals surface area contributed by atoms with Crippen LogP contribution < -0.4 is 0 Å². The van der Waals surface area contributed by atoms with Crippen LogP contribution in [0.25, 0.3) is 0 Å². The molecule has 0 aromatic rings. The van der Waals surface area contributed by atoms with E-state index in [9.17, 15) is 0 Å². The molecule has 1 saturated carbocycles. The van der Waals surface area contributed by atoms with E-state index in [1.54, 1.807) is 12.1 Å². The van der Waals surface area contributed by atoms with Crippen molar-refractivity contribution in [2.75, 3.05) is 7.05 Å². The summed E-state index contributed by atoms with van der Waals surface area (Å²) in [6, 6.07) is 0. The van der Waals surface area contributed by atoms with E-state index < -0.39 is 0 Å². The summed E-state index contributed by atoms with van der Waals surface area (Å²) in [7, 11) is 1.81. The van der Waals surface area contributed by atoms with Crippen LogP contribution >= 0.6 is 0 Å². The molecule has 1 radical (unpaired) electrons. The number of amidine groups is 1. The van der Waals surface area contributed by atoms with Crippen molar-refractivity contribution in [3.05, 3.63) is 0 Å². The summed E-state index contributed by atoms with van der Waals surface area (Å²) in [6.45, 7) is 0. The molecular formula is C8H14N3Se. The van der Waals surface area contributed by atoms with Gasteiger partial charge in [-0.3, -0.25) is 0 Å². The second kappa shape index (κ2) is 4.63. The predicted molar refractivity (Wildman–Crippen MR) is 51.8 cm³/mol. The van der Waals surface area contributed by atoms with Gasteiger partial charge in [-0.1, -0.05) is 0 Å². The topological polar surface area (TPSA) is 39.5 Å². The van der Waals surface area contributed by atoms with E-state index in [1.165, 1.54) is 25.0 Å². The third-order valence-corrected chi connectivity index (χ3v) is 2.57. The fraction of sp³-hybridized carbons (Fsp3) is 0.750. The van der Waals surface area contributed by atoms with Gasteiger partial charge in [0, 0.05) is 0 Å². The Morgan fingerprint density at radius 2 is 2.00 bits per heavy atom. The predicted octanol–water partition coefficient (Wildman–Crippen LogP) is 1.34. The first-order valence-electron chi connectivity index (χ1n) is 4.26. The molecule has 1 aliphatic carbocycles. The molecule has 0 bridgehead atoms. The molecule has 0 spiro atoms. The zero-order chi connectivity index (χ0) is 8.97. The van der Waals surface area contributed by atoms with E-state index in [0.717, 1.165) is 12.8 Å². The van der Waals surface area contributed by atoms with E-state index in [1.807, 2.05) is 0 Å². The van der Waals surface area contributed by atoms with Crippen molar-refractivity contribution in [1.29, 1.82) is 5.41 Å². The first kappa shape index (κ1) is 9.75. The third kappa shape index (κ3) is 2.95. The van der Waals surface area contributed by atoms with Crippen LogP contribution in [-0.4, -0.2) is 38.5 Å². The minimum absolute atomic E-state index is 0.382. The van der Waals surface area contributed by atoms with E-state index in [4.69, 9.17) is 5.41 Å². The molecule has 67 valence electrons. The number of rotatable bonds is 1. The summed E-state index contributed by atoms with van der Waals surface area (Å²) < 4.78 is 0.382. The van der Waals surface area contributed by atoms with Crippen LogP contribution in [0.3, 0.4) is 0 Å². The number of nitrogens with zero attached hydrogens (tertiary/aromatic N) is 2. The molecule has 1 rings (SSSR count). The van der Waals surface area contributed by atoms with Crippen molar-refractivity contribution >= 4 is 26.5 Å². The molecular weight excluding hydrogens is 217 g/mol. The Morgan fingerprint density at radius 3 is 2.50 bits per heavy atom. The molecule has 1 fully saturated rings. The second-order valence-corrected chi connectivity index (χ2v) is 3.87. The Labute approximate surface area is 81.5 Å². The van der Waals surface area contributed by atoms with Crippen molar-refractivity contribution in [2.24, 2.45) is 5.10 Å². The van der Waals surface area contributed by atoms with Gasteiger partial charge < -0.3 is 0 Å². The first-order valence-corrected chi connectivity index (χ1v) is 5.11. The minimum atomic E-state index is 0.382. The molecule has 0 amide bonds. The summed E-state index contributed by atoms with van der Waals surface area (Å²) in [5.41, 5.74) is 1.24. The van der Waals surface area contributed by atoms with Crippen molar-refractivity contribution in [2.45, 2.75) is 32.1 Å². The Balaban J connectivity index is 2.48. The van der Waals surface area contributed by atoms with Crippen LogP contribution in [0, 0.1) is 5.41 Å². The van der Waals surface area contributed by atoms with E-state index in [2.05, 4.69) is 21.1 Å². The fourth-order valence-electron chi connectivity index (χ4n) is 1.32. The molecule has 0 atom stereocenters. The Kier molecular flexibility index (Phi) is 3.76. The van der Waals surface area contributed by atoms with Crippen LogP contribution in [0.2, 0.25) is 0 Å². The zero-order valence-electron chi connectivity index (χ0n) is 7.34. The fourth-order valence-corrected chi connectivity index (χ4v) is 1.40. The Morgan fingerprint density at radius 1 is 1.42 bits per heavy atom. The standard InChI is InChI=1S/C8H14N3Se/c1-11(8(9)12)10-7-5-3-2-4-6-7/h9H,2-6H2,1H3. The summed E-state index contributed by atoms with van der Waals surface area (Å²) in [6.07, 6.45) is 6.06. The van der Waals surface area contributed by atoms with Gasteiger partial charge in [-0.15, -0.1) is 0 Å². The van der Waals surface area contributed by atoms with Crippen molar-refractivity contribution in [1.82, 2.24) is 5.01 Å². The summed E-state index contributed by atoms with van der Waals surface area (Å²) in [4.78, 5) is 0. The number of hydrogen-bond donors (Lipinski definition) is 1. The van der Waals surface area contributed by atoms with E-state index in [0.29, 0.717) is 4.73 Å². The van der Waals surface area contributed by atoms with Gasteiger partial charge in [0.15, 0.2) is 0 Å². The van der Waals surface area contributed by atoms with Crippen LogP contribution in [-0.2, 0) is 0 Å². The molecule has 0 heterocycles. The van der Waals surface area contributed by atoms with Crippen LogP contribution in [0.15, 0.2) is 5.10 Å². The first-order chi connectivity index (χ1) is 5.70. The maximum atomic E-state index is 7.28.